The van der Waals surface area contributed by atoms with Crippen LogP contribution < -0.4 is 4.89 Å². The van der Waals surface area contributed by atoms with Crippen LogP contribution in [0.1, 0.15) is 168 Å². The van der Waals surface area contributed by atoms with Crippen LogP contribution >= 0.6 is 7.82 Å². The van der Waals surface area contributed by atoms with E-state index < -0.39 is 32.5 Å². The molecule has 0 aliphatic carbocycles. The molecule has 56 heavy (non-hydrogen) atoms. The minimum absolute atomic E-state index is 0.0454. The zero-order valence-corrected chi connectivity index (χ0v) is 37.2. The van der Waals surface area contributed by atoms with Crippen molar-refractivity contribution in [1.82, 2.24) is 0 Å². The fraction of sp³-hybridized carbons (Fsp3) is 0.739. The summed E-state index contributed by atoms with van der Waals surface area (Å²) >= 11 is 0. The van der Waals surface area contributed by atoms with E-state index in [1.165, 1.54) is 89.9 Å². The van der Waals surface area contributed by atoms with E-state index in [4.69, 9.17) is 18.5 Å². The van der Waals surface area contributed by atoms with E-state index in [9.17, 15) is 19.0 Å². The van der Waals surface area contributed by atoms with Crippen LogP contribution in [0.4, 0.5) is 0 Å². The molecule has 10 heteroatoms. The molecule has 2 unspecified atom stereocenters. The van der Waals surface area contributed by atoms with Crippen molar-refractivity contribution in [3.05, 3.63) is 60.8 Å². The third-order valence-corrected chi connectivity index (χ3v) is 10.0. The number of phosphoric ester groups is 1. The van der Waals surface area contributed by atoms with Crippen LogP contribution in [0.3, 0.4) is 0 Å². The van der Waals surface area contributed by atoms with Gasteiger partial charge in [0, 0.05) is 12.8 Å². The van der Waals surface area contributed by atoms with Crippen LogP contribution in [0.25, 0.3) is 0 Å². The molecule has 0 aliphatic heterocycles. The summed E-state index contributed by atoms with van der Waals surface area (Å²) in [5.74, 6) is -0.932. The van der Waals surface area contributed by atoms with Crippen molar-refractivity contribution in [2.24, 2.45) is 0 Å². The lowest BCUT2D eigenvalue weighted by Crippen LogP contribution is -2.37. The number of hydrogen-bond donors (Lipinski definition) is 0. The maximum Gasteiger partial charge on any atom is 0.306 e. The van der Waals surface area contributed by atoms with Crippen LogP contribution in [0.5, 0.6) is 0 Å². The molecule has 0 aromatic rings. The van der Waals surface area contributed by atoms with Gasteiger partial charge in [0.1, 0.15) is 19.8 Å². The number of allylic oxidation sites excluding steroid dienone is 10. The molecule has 0 spiro atoms. The average Bonchev–Trinajstić information content (AvgIpc) is 3.15. The van der Waals surface area contributed by atoms with Crippen molar-refractivity contribution in [2.75, 3.05) is 47.5 Å². The molecule has 0 radical (unpaired) electrons. The van der Waals surface area contributed by atoms with Crippen molar-refractivity contribution >= 4 is 19.8 Å². The molecule has 0 saturated heterocycles. The highest BCUT2D eigenvalue weighted by atomic mass is 31.2. The molecule has 0 aromatic heterocycles. The Kier molecular flexibility index (Phi) is 36.7. The molecule has 0 N–H and O–H groups in total. The Hall–Kier alpha value is -2.29. The Balaban J connectivity index is 4.50. The Morgan fingerprint density at radius 2 is 1.00 bits per heavy atom. The highest BCUT2D eigenvalue weighted by Crippen LogP contribution is 2.38. The second kappa shape index (κ2) is 38.2. The maximum atomic E-state index is 12.6. The molecular weight excluding hydrogens is 725 g/mol. The number of unbranched alkanes of at least 4 members (excludes halogenated alkanes) is 15. The van der Waals surface area contributed by atoms with Gasteiger partial charge in [-0.2, -0.15) is 0 Å². The third-order valence-electron chi connectivity index (χ3n) is 9.05. The van der Waals surface area contributed by atoms with Gasteiger partial charge >= 0.3 is 11.9 Å². The molecule has 0 aromatic carbocycles. The number of nitrogens with zero attached hydrogens (tertiary/aromatic N) is 1. The van der Waals surface area contributed by atoms with Crippen LogP contribution in [0.15, 0.2) is 60.8 Å². The highest BCUT2D eigenvalue weighted by molar-refractivity contribution is 7.45. The summed E-state index contributed by atoms with van der Waals surface area (Å²) in [7, 11) is 1.12. The van der Waals surface area contributed by atoms with Crippen molar-refractivity contribution in [3.8, 4) is 0 Å². The third kappa shape index (κ3) is 41.3. The van der Waals surface area contributed by atoms with Crippen LogP contribution in [0.2, 0.25) is 0 Å². The molecule has 0 saturated carbocycles. The number of phosphoric acid groups is 1. The zero-order chi connectivity index (χ0) is 41.4. The summed E-state index contributed by atoms with van der Waals surface area (Å²) in [6.07, 6.45) is 45.5. The Morgan fingerprint density at radius 3 is 1.50 bits per heavy atom. The van der Waals surface area contributed by atoms with Gasteiger partial charge in [-0.1, -0.05) is 164 Å². The van der Waals surface area contributed by atoms with E-state index in [1.807, 2.05) is 33.3 Å². The Labute approximate surface area is 343 Å². The number of carbonyl (C=O) groups is 2. The number of rotatable bonds is 39. The first-order valence-electron chi connectivity index (χ1n) is 22.0. The maximum absolute atomic E-state index is 12.6. The van der Waals surface area contributed by atoms with E-state index >= 15 is 0 Å². The molecule has 324 valence electrons. The molecule has 0 bridgehead atoms. The summed E-state index contributed by atoms with van der Waals surface area (Å²) in [6, 6.07) is 0. The van der Waals surface area contributed by atoms with Crippen LogP contribution in [0, 0.1) is 0 Å². The van der Waals surface area contributed by atoms with E-state index in [-0.39, 0.29) is 26.1 Å². The monoisotopic (exact) mass is 808 g/mol. The molecule has 2 atom stereocenters. The number of likely N-dealkylation sites (N-methyl/N-ethyl adjacent to an activating group) is 1. The first kappa shape index (κ1) is 53.7. The SMILES string of the molecule is CCCCC/C=C/C/C=C/C/C=C/C/C=C/C/C=C/CCC(=O)OC(COC(=O)CCCCCCCCCCCCCCC)COP(=O)([O-])OCC[N+](C)(C)C. The summed E-state index contributed by atoms with van der Waals surface area (Å²) in [6.45, 7) is 4.10. The van der Waals surface area contributed by atoms with Crippen molar-refractivity contribution in [3.63, 3.8) is 0 Å². The number of quaternary nitrogens is 1. The number of hydrogen-bond acceptors (Lipinski definition) is 8. The molecule has 9 nitrogen and oxygen atoms in total. The summed E-state index contributed by atoms with van der Waals surface area (Å²) < 4.78 is 33.8. The Bertz CT molecular complexity index is 1140. The van der Waals surface area contributed by atoms with Crippen molar-refractivity contribution in [2.45, 2.75) is 174 Å². The molecule has 0 heterocycles. The average molecular weight is 808 g/mol. The first-order chi connectivity index (χ1) is 27.0. The van der Waals surface area contributed by atoms with Gasteiger partial charge in [-0.3, -0.25) is 14.2 Å². The minimum atomic E-state index is -4.64. The first-order valence-corrected chi connectivity index (χ1v) is 23.5. The lowest BCUT2D eigenvalue weighted by molar-refractivity contribution is -0.870. The lowest BCUT2D eigenvalue weighted by atomic mass is 10.0. The lowest BCUT2D eigenvalue weighted by Gasteiger charge is -2.28. The van der Waals surface area contributed by atoms with Gasteiger partial charge < -0.3 is 27.9 Å². The fourth-order valence-electron chi connectivity index (χ4n) is 5.58. The summed E-state index contributed by atoms with van der Waals surface area (Å²) in [4.78, 5) is 37.5. The Morgan fingerprint density at radius 1 is 0.554 bits per heavy atom. The van der Waals surface area contributed by atoms with E-state index in [1.54, 1.807) is 0 Å². The van der Waals surface area contributed by atoms with Gasteiger partial charge in [0.2, 0.25) is 0 Å². The molecule has 0 amide bonds. The minimum Gasteiger partial charge on any atom is -0.756 e. The molecule has 0 aliphatic rings. The van der Waals surface area contributed by atoms with Crippen LogP contribution in [-0.2, 0) is 32.7 Å². The highest BCUT2D eigenvalue weighted by Gasteiger charge is 2.21. The van der Waals surface area contributed by atoms with Crippen LogP contribution in [-0.4, -0.2) is 70.0 Å². The van der Waals surface area contributed by atoms with Gasteiger partial charge in [-0.25, -0.2) is 0 Å². The zero-order valence-electron chi connectivity index (χ0n) is 36.3. The van der Waals surface area contributed by atoms with Gasteiger partial charge in [-0.05, 0) is 51.4 Å². The topological polar surface area (TPSA) is 111 Å². The van der Waals surface area contributed by atoms with Crippen molar-refractivity contribution in [1.29, 1.82) is 0 Å². The predicted molar refractivity (Wildman–Crippen MR) is 231 cm³/mol. The largest absolute Gasteiger partial charge is 0.756 e. The normalized spacial score (nSPS) is 14.2. The van der Waals surface area contributed by atoms with Crippen molar-refractivity contribution < 1.29 is 42.1 Å². The smallest absolute Gasteiger partial charge is 0.306 e. The van der Waals surface area contributed by atoms with E-state index in [2.05, 4.69) is 62.5 Å². The predicted octanol–water partition coefficient (Wildman–Crippen LogP) is 11.8. The molecule has 0 rings (SSSR count). The quantitative estimate of drug-likeness (QED) is 0.0198. The number of esters is 2. The standard InChI is InChI=1S/C46H82NO8P/c1-6-8-10-12-14-16-18-20-21-22-23-24-25-27-29-31-33-35-37-39-46(49)55-44(43-54-56(50,51)53-41-40-47(3,4)5)42-52-45(48)38-36-34-32-30-28-26-19-17-15-13-11-9-7-2/h14,16,20-21,23-24,27,29,33,35,44H,6-13,15,17-19,22,25-26,28,30-32,34,36-43H2,1-5H3/b16-14+,21-20+,24-23+,29-27+,35-33+. The van der Waals surface area contributed by atoms with E-state index in [0.717, 1.165) is 44.9 Å². The molecular formula is C46H82NO8P. The van der Waals surface area contributed by atoms with E-state index in [0.29, 0.717) is 17.4 Å². The molecule has 0 fully saturated rings. The second-order valence-corrected chi connectivity index (χ2v) is 17.1. The second-order valence-electron chi connectivity index (χ2n) is 15.7. The fourth-order valence-corrected chi connectivity index (χ4v) is 6.31. The summed E-state index contributed by atoms with van der Waals surface area (Å²) in [5, 5.41) is 0. The van der Waals surface area contributed by atoms with Gasteiger partial charge in [0.05, 0.1) is 27.7 Å². The number of carbonyl (C=O) groups excluding carboxylic acids is 2. The van der Waals surface area contributed by atoms with Gasteiger partial charge in [0.15, 0.2) is 6.10 Å². The van der Waals surface area contributed by atoms with Gasteiger partial charge in [0.25, 0.3) is 7.82 Å². The van der Waals surface area contributed by atoms with Gasteiger partial charge in [-0.15, -0.1) is 0 Å². The number of ether oxygens (including phenoxy) is 2. The summed E-state index contributed by atoms with van der Waals surface area (Å²) in [5.41, 5.74) is 0.